The molecule has 0 bridgehead atoms. The fraction of sp³-hybridized carbons (Fsp3) is 0.625. The summed E-state index contributed by atoms with van der Waals surface area (Å²) in [7, 11) is 0. The van der Waals surface area contributed by atoms with Crippen molar-refractivity contribution in [1.29, 1.82) is 0 Å². The SMILES string of the molecule is Cc1cc(OCC(O)CN2CC(C)OC(C)C2)ccc1Cl. The zero-order valence-corrected chi connectivity index (χ0v) is 13.6. The van der Waals surface area contributed by atoms with Crippen LogP contribution in [0.25, 0.3) is 0 Å². The molecule has 1 N–H and O–H groups in total. The van der Waals surface area contributed by atoms with Crippen molar-refractivity contribution in [2.24, 2.45) is 0 Å². The molecule has 2 rings (SSSR count). The molecule has 0 aromatic heterocycles. The number of morpholine rings is 1. The predicted molar refractivity (Wildman–Crippen MR) is 84.1 cm³/mol. The molecule has 1 fully saturated rings. The average Bonchev–Trinajstić information content (AvgIpc) is 2.39. The number of nitrogens with zero attached hydrogens (tertiary/aromatic N) is 1. The number of hydrogen-bond acceptors (Lipinski definition) is 4. The van der Waals surface area contributed by atoms with Gasteiger partial charge in [0.25, 0.3) is 0 Å². The van der Waals surface area contributed by atoms with Crippen molar-refractivity contribution in [2.75, 3.05) is 26.2 Å². The highest BCUT2D eigenvalue weighted by molar-refractivity contribution is 6.31. The lowest BCUT2D eigenvalue weighted by atomic mass is 10.2. The Morgan fingerprint density at radius 2 is 2.05 bits per heavy atom. The molecule has 1 aromatic carbocycles. The van der Waals surface area contributed by atoms with Gasteiger partial charge >= 0.3 is 0 Å². The zero-order chi connectivity index (χ0) is 15.4. The number of benzene rings is 1. The van der Waals surface area contributed by atoms with Crippen molar-refractivity contribution in [2.45, 2.75) is 39.1 Å². The van der Waals surface area contributed by atoms with Crippen molar-refractivity contribution in [3.8, 4) is 5.75 Å². The average molecular weight is 314 g/mol. The van der Waals surface area contributed by atoms with E-state index >= 15 is 0 Å². The van der Waals surface area contributed by atoms with E-state index in [4.69, 9.17) is 21.1 Å². The molecule has 3 atom stereocenters. The van der Waals surface area contributed by atoms with Gasteiger partial charge in [-0.2, -0.15) is 0 Å². The van der Waals surface area contributed by atoms with E-state index in [1.165, 1.54) is 0 Å². The van der Waals surface area contributed by atoms with Gasteiger partial charge in [-0.15, -0.1) is 0 Å². The van der Waals surface area contributed by atoms with Crippen molar-refractivity contribution in [3.63, 3.8) is 0 Å². The first-order valence-electron chi connectivity index (χ1n) is 7.39. The Hall–Kier alpha value is -0.810. The summed E-state index contributed by atoms with van der Waals surface area (Å²) in [6.07, 6.45) is -0.0972. The summed E-state index contributed by atoms with van der Waals surface area (Å²) in [5.74, 6) is 0.736. The molecule has 4 nitrogen and oxygen atoms in total. The summed E-state index contributed by atoms with van der Waals surface area (Å²) in [5.41, 5.74) is 0.972. The van der Waals surface area contributed by atoms with Gasteiger partial charge in [0.05, 0.1) is 12.2 Å². The standard InChI is InChI=1S/C16H24ClNO3/c1-11-6-15(4-5-16(11)17)20-10-14(19)9-18-7-12(2)21-13(3)8-18/h4-6,12-14,19H,7-10H2,1-3H3. The fourth-order valence-corrected chi connectivity index (χ4v) is 2.80. The monoisotopic (exact) mass is 313 g/mol. The Bertz CT molecular complexity index is 459. The van der Waals surface area contributed by atoms with Gasteiger partial charge in [0.1, 0.15) is 18.5 Å². The number of aliphatic hydroxyl groups is 1. The number of hydrogen-bond donors (Lipinski definition) is 1. The molecule has 0 radical (unpaired) electrons. The van der Waals surface area contributed by atoms with Crippen LogP contribution in [0.3, 0.4) is 0 Å². The molecular weight excluding hydrogens is 290 g/mol. The number of rotatable bonds is 5. The van der Waals surface area contributed by atoms with E-state index in [2.05, 4.69) is 18.7 Å². The van der Waals surface area contributed by atoms with Gasteiger partial charge in [0.15, 0.2) is 0 Å². The van der Waals surface area contributed by atoms with Gasteiger partial charge in [-0.1, -0.05) is 11.6 Å². The highest BCUT2D eigenvalue weighted by Gasteiger charge is 2.23. The summed E-state index contributed by atoms with van der Waals surface area (Å²) in [6.45, 7) is 8.63. The molecular formula is C16H24ClNO3. The van der Waals surface area contributed by atoms with Gasteiger partial charge in [0.2, 0.25) is 0 Å². The minimum Gasteiger partial charge on any atom is -0.491 e. The Morgan fingerprint density at radius 1 is 1.38 bits per heavy atom. The number of β-amino-alcohol motifs (C(OH)–C–C–N with tert-alkyl or cyclic N) is 1. The smallest absolute Gasteiger partial charge is 0.119 e. The van der Waals surface area contributed by atoms with Crippen molar-refractivity contribution < 1.29 is 14.6 Å². The maximum absolute atomic E-state index is 10.1. The van der Waals surface area contributed by atoms with Crippen LogP contribution in [0, 0.1) is 6.92 Å². The van der Waals surface area contributed by atoms with Crippen molar-refractivity contribution in [3.05, 3.63) is 28.8 Å². The maximum atomic E-state index is 10.1. The Kier molecular flexibility index (Phi) is 5.88. The topological polar surface area (TPSA) is 41.9 Å². The molecule has 21 heavy (non-hydrogen) atoms. The van der Waals surface area contributed by atoms with E-state index in [9.17, 15) is 5.11 Å². The highest BCUT2D eigenvalue weighted by Crippen LogP contribution is 2.21. The van der Waals surface area contributed by atoms with Gasteiger partial charge in [-0.25, -0.2) is 0 Å². The van der Waals surface area contributed by atoms with Crippen LogP contribution in [-0.4, -0.2) is 54.6 Å². The molecule has 0 amide bonds. The lowest BCUT2D eigenvalue weighted by molar-refractivity contribution is -0.0786. The van der Waals surface area contributed by atoms with Crippen LogP contribution in [0.2, 0.25) is 5.02 Å². The Labute approximate surface area is 131 Å². The van der Waals surface area contributed by atoms with E-state index < -0.39 is 6.10 Å². The third kappa shape index (κ3) is 5.15. The molecule has 0 aliphatic carbocycles. The second kappa shape index (κ2) is 7.45. The fourth-order valence-electron chi connectivity index (χ4n) is 2.68. The summed E-state index contributed by atoms with van der Waals surface area (Å²) in [4.78, 5) is 2.22. The van der Waals surface area contributed by atoms with Gasteiger partial charge < -0.3 is 14.6 Å². The molecule has 1 aliphatic heterocycles. The number of halogens is 1. The predicted octanol–water partition coefficient (Wildman–Crippen LogP) is 2.50. The van der Waals surface area contributed by atoms with Crippen LogP contribution in [0.15, 0.2) is 18.2 Å². The zero-order valence-electron chi connectivity index (χ0n) is 12.9. The van der Waals surface area contributed by atoms with E-state index in [1.807, 2.05) is 25.1 Å². The maximum Gasteiger partial charge on any atom is 0.119 e. The third-order valence-corrected chi connectivity index (χ3v) is 3.96. The summed E-state index contributed by atoms with van der Waals surface area (Å²) in [5, 5.41) is 10.8. The molecule has 1 aliphatic rings. The molecule has 118 valence electrons. The molecule has 3 unspecified atom stereocenters. The normalized spacial score (nSPS) is 24.8. The number of aryl methyl sites for hydroxylation is 1. The highest BCUT2D eigenvalue weighted by atomic mass is 35.5. The molecule has 1 aromatic rings. The summed E-state index contributed by atoms with van der Waals surface area (Å²) >= 11 is 5.98. The number of ether oxygens (including phenoxy) is 2. The molecule has 0 saturated carbocycles. The Morgan fingerprint density at radius 3 is 2.67 bits per heavy atom. The van der Waals surface area contributed by atoms with E-state index in [0.29, 0.717) is 6.54 Å². The van der Waals surface area contributed by atoms with Crippen molar-refractivity contribution >= 4 is 11.6 Å². The van der Waals surface area contributed by atoms with Crippen LogP contribution in [-0.2, 0) is 4.74 Å². The Balaban J connectivity index is 1.79. The first kappa shape index (κ1) is 16.6. The van der Waals surface area contributed by atoms with Crippen LogP contribution in [0.1, 0.15) is 19.4 Å². The summed E-state index contributed by atoms with van der Waals surface area (Å²) in [6, 6.07) is 5.51. The van der Waals surface area contributed by atoms with Gasteiger partial charge in [-0.05, 0) is 44.5 Å². The van der Waals surface area contributed by atoms with E-state index in [-0.39, 0.29) is 18.8 Å². The van der Waals surface area contributed by atoms with Gasteiger partial charge in [-0.3, -0.25) is 4.90 Å². The molecule has 1 heterocycles. The molecule has 1 saturated heterocycles. The van der Waals surface area contributed by atoms with Crippen LogP contribution in [0.4, 0.5) is 0 Å². The second-order valence-corrected chi connectivity index (χ2v) is 6.26. The number of aliphatic hydroxyl groups excluding tert-OH is 1. The minimum atomic E-state index is -0.515. The van der Waals surface area contributed by atoms with Crippen LogP contribution < -0.4 is 4.74 Å². The quantitative estimate of drug-likeness (QED) is 0.907. The van der Waals surface area contributed by atoms with E-state index in [1.54, 1.807) is 0 Å². The minimum absolute atomic E-state index is 0.209. The second-order valence-electron chi connectivity index (χ2n) is 5.85. The summed E-state index contributed by atoms with van der Waals surface area (Å²) < 4.78 is 11.3. The lowest BCUT2D eigenvalue weighted by Gasteiger charge is -2.36. The van der Waals surface area contributed by atoms with E-state index in [0.717, 1.165) is 29.4 Å². The largest absolute Gasteiger partial charge is 0.491 e. The lowest BCUT2D eigenvalue weighted by Crippen LogP contribution is -2.48. The van der Waals surface area contributed by atoms with Crippen LogP contribution >= 0.6 is 11.6 Å². The van der Waals surface area contributed by atoms with Gasteiger partial charge in [0, 0.05) is 24.7 Å². The first-order valence-corrected chi connectivity index (χ1v) is 7.76. The molecule has 0 spiro atoms. The van der Waals surface area contributed by atoms with Crippen molar-refractivity contribution in [1.82, 2.24) is 4.90 Å². The first-order chi connectivity index (χ1) is 9.94. The third-order valence-electron chi connectivity index (χ3n) is 3.54. The van der Waals surface area contributed by atoms with Crippen LogP contribution in [0.5, 0.6) is 5.75 Å². The molecule has 5 heteroatoms.